The molecular formula is C18H21N3O3S. The first-order valence-corrected chi connectivity index (χ1v) is 9.89. The average molecular weight is 359 g/mol. The fraction of sp³-hybridized carbons (Fsp3) is 0.333. The highest BCUT2D eigenvalue weighted by atomic mass is 32.2. The van der Waals surface area contributed by atoms with Crippen LogP contribution in [0, 0.1) is 0 Å². The van der Waals surface area contributed by atoms with E-state index in [1.165, 1.54) is 4.31 Å². The summed E-state index contributed by atoms with van der Waals surface area (Å²) in [6, 6.07) is 14.4. The molecule has 7 heteroatoms. The molecule has 2 aromatic rings. The van der Waals surface area contributed by atoms with Crippen LogP contribution in [0.4, 0.5) is 0 Å². The normalized spacial score (nSPS) is 16.4. The Morgan fingerprint density at radius 1 is 0.960 bits per heavy atom. The van der Waals surface area contributed by atoms with Crippen LogP contribution < -0.4 is 0 Å². The number of pyridine rings is 1. The number of carbonyl (C=O) groups is 1. The third-order valence-electron chi connectivity index (χ3n) is 4.21. The van der Waals surface area contributed by atoms with Crippen LogP contribution in [-0.2, 0) is 15.8 Å². The first-order valence-electron chi connectivity index (χ1n) is 8.28. The molecule has 25 heavy (non-hydrogen) atoms. The van der Waals surface area contributed by atoms with Gasteiger partial charge < -0.3 is 4.90 Å². The lowest BCUT2D eigenvalue weighted by molar-refractivity contribution is 0.0758. The number of sulfonamides is 1. The molecule has 132 valence electrons. The van der Waals surface area contributed by atoms with E-state index < -0.39 is 10.0 Å². The zero-order valence-corrected chi connectivity index (χ0v) is 14.7. The van der Waals surface area contributed by atoms with Gasteiger partial charge in [0, 0.05) is 32.4 Å². The molecule has 0 atom stereocenters. The number of amides is 1. The lowest BCUT2D eigenvalue weighted by Gasteiger charge is -2.21. The first kappa shape index (κ1) is 17.6. The van der Waals surface area contributed by atoms with Gasteiger partial charge in [-0.15, -0.1) is 0 Å². The van der Waals surface area contributed by atoms with Crippen LogP contribution in [0.5, 0.6) is 0 Å². The fourth-order valence-corrected chi connectivity index (χ4v) is 4.47. The minimum absolute atomic E-state index is 0.0119. The quantitative estimate of drug-likeness (QED) is 0.834. The predicted octanol–water partition coefficient (Wildman–Crippen LogP) is 1.76. The maximum atomic E-state index is 12.7. The van der Waals surface area contributed by atoms with Crippen molar-refractivity contribution in [1.29, 1.82) is 0 Å². The van der Waals surface area contributed by atoms with E-state index >= 15 is 0 Å². The number of nitrogens with zero attached hydrogens (tertiary/aromatic N) is 3. The van der Waals surface area contributed by atoms with Gasteiger partial charge in [0.25, 0.3) is 5.91 Å². The lowest BCUT2D eigenvalue weighted by atomic mass is 10.2. The SMILES string of the molecule is O=C(c1ccccn1)N1CCCN(S(=O)(=O)Cc2ccccc2)CC1. The fourth-order valence-electron chi connectivity index (χ4n) is 2.90. The minimum atomic E-state index is -3.39. The van der Waals surface area contributed by atoms with E-state index in [0.717, 1.165) is 5.56 Å². The van der Waals surface area contributed by atoms with Crippen molar-refractivity contribution in [2.75, 3.05) is 26.2 Å². The van der Waals surface area contributed by atoms with Gasteiger partial charge in [0.05, 0.1) is 5.75 Å². The molecule has 0 N–H and O–H groups in total. The summed E-state index contributed by atoms with van der Waals surface area (Å²) < 4.78 is 26.8. The first-order chi connectivity index (χ1) is 12.1. The molecule has 6 nitrogen and oxygen atoms in total. The summed E-state index contributed by atoms with van der Waals surface area (Å²) in [5.41, 5.74) is 1.16. The number of aromatic nitrogens is 1. The number of hydrogen-bond acceptors (Lipinski definition) is 4. The molecule has 0 unspecified atom stereocenters. The van der Waals surface area contributed by atoms with Gasteiger partial charge in [0.2, 0.25) is 10.0 Å². The van der Waals surface area contributed by atoms with Crippen molar-refractivity contribution in [3.8, 4) is 0 Å². The zero-order chi connectivity index (χ0) is 17.7. The van der Waals surface area contributed by atoms with Gasteiger partial charge in [-0.25, -0.2) is 8.42 Å². The number of hydrogen-bond donors (Lipinski definition) is 0. The Balaban J connectivity index is 1.66. The van der Waals surface area contributed by atoms with Crippen LogP contribution in [0.3, 0.4) is 0 Å². The van der Waals surface area contributed by atoms with E-state index in [-0.39, 0.29) is 11.7 Å². The molecule has 1 aliphatic rings. The maximum absolute atomic E-state index is 12.7. The van der Waals surface area contributed by atoms with Crippen LogP contribution in [0.1, 0.15) is 22.5 Å². The summed E-state index contributed by atoms with van der Waals surface area (Å²) >= 11 is 0. The molecule has 1 amide bonds. The largest absolute Gasteiger partial charge is 0.336 e. The van der Waals surface area contributed by atoms with E-state index in [9.17, 15) is 13.2 Å². The van der Waals surface area contributed by atoms with Crippen molar-refractivity contribution in [2.45, 2.75) is 12.2 Å². The van der Waals surface area contributed by atoms with Gasteiger partial charge in [-0.2, -0.15) is 4.31 Å². The number of carbonyl (C=O) groups excluding carboxylic acids is 1. The van der Waals surface area contributed by atoms with Gasteiger partial charge >= 0.3 is 0 Å². The Bertz CT molecular complexity index is 810. The monoisotopic (exact) mass is 359 g/mol. The van der Waals surface area contributed by atoms with E-state index in [2.05, 4.69) is 4.98 Å². The topological polar surface area (TPSA) is 70.6 Å². The Labute approximate surface area is 148 Å². The van der Waals surface area contributed by atoms with E-state index in [0.29, 0.717) is 38.3 Å². The van der Waals surface area contributed by atoms with Gasteiger partial charge in [0.1, 0.15) is 5.69 Å². The molecule has 3 rings (SSSR count). The molecule has 0 bridgehead atoms. The standard InChI is InChI=1S/C18H21N3O3S/c22-18(17-9-4-5-10-19-17)20-11-6-12-21(14-13-20)25(23,24)15-16-7-2-1-3-8-16/h1-5,7-10H,6,11-15H2. The summed E-state index contributed by atoms with van der Waals surface area (Å²) in [7, 11) is -3.39. The van der Waals surface area contributed by atoms with Crippen molar-refractivity contribution in [1.82, 2.24) is 14.2 Å². The third-order valence-corrected chi connectivity index (χ3v) is 6.06. The van der Waals surface area contributed by atoms with E-state index in [1.54, 1.807) is 29.3 Å². The molecule has 0 aliphatic carbocycles. The summed E-state index contributed by atoms with van der Waals surface area (Å²) in [6.07, 6.45) is 2.20. The zero-order valence-electron chi connectivity index (χ0n) is 13.9. The summed E-state index contributed by atoms with van der Waals surface area (Å²) in [5.74, 6) is -0.162. The second kappa shape index (κ2) is 7.76. The van der Waals surface area contributed by atoms with Gasteiger partial charge in [-0.3, -0.25) is 9.78 Å². The van der Waals surface area contributed by atoms with Gasteiger partial charge in [-0.05, 0) is 24.1 Å². The van der Waals surface area contributed by atoms with Crippen LogP contribution in [0.2, 0.25) is 0 Å². The molecule has 1 aromatic carbocycles. The highest BCUT2D eigenvalue weighted by molar-refractivity contribution is 7.88. The molecule has 1 aromatic heterocycles. The molecule has 2 heterocycles. The maximum Gasteiger partial charge on any atom is 0.272 e. The molecule has 0 radical (unpaired) electrons. The molecule has 0 saturated carbocycles. The summed E-state index contributed by atoms with van der Waals surface area (Å²) in [4.78, 5) is 18.3. The molecule has 0 spiro atoms. The second-order valence-electron chi connectivity index (χ2n) is 6.00. The van der Waals surface area contributed by atoms with Crippen molar-refractivity contribution in [2.24, 2.45) is 0 Å². The molecule has 1 fully saturated rings. The Morgan fingerprint density at radius 3 is 2.44 bits per heavy atom. The van der Waals surface area contributed by atoms with Crippen molar-refractivity contribution >= 4 is 15.9 Å². The minimum Gasteiger partial charge on any atom is -0.336 e. The van der Waals surface area contributed by atoms with Gasteiger partial charge in [-0.1, -0.05) is 36.4 Å². The molecular weight excluding hydrogens is 338 g/mol. The Hall–Kier alpha value is -2.25. The van der Waals surface area contributed by atoms with E-state index in [4.69, 9.17) is 0 Å². The number of benzene rings is 1. The van der Waals surface area contributed by atoms with Crippen LogP contribution in [0.25, 0.3) is 0 Å². The molecule has 1 saturated heterocycles. The van der Waals surface area contributed by atoms with Gasteiger partial charge in [0.15, 0.2) is 0 Å². The Morgan fingerprint density at radius 2 is 1.72 bits per heavy atom. The third kappa shape index (κ3) is 4.43. The second-order valence-corrected chi connectivity index (χ2v) is 7.97. The number of rotatable bonds is 4. The van der Waals surface area contributed by atoms with Crippen molar-refractivity contribution in [3.63, 3.8) is 0 Å². The Kier molecular flexibility index (Phi) is 5.45. The van der Waals surface area contributed by atoms with Crippen LogP contribution in [-0.4, -0.2) is 54.7 Å². The molecule has 1 aliphatic heterocycles. The summed E-state index contributed by atoms with van der Waals surface area (Å²) in [5, 5.41) is 0. The lowest BCUT2D eigenvalue weighted by Crippen LogP contribution is -2.38. The van der Waals surface area contributed by atoms with Crippen LogP contribution >= 0.6 is 0 Å². The van der Waals surface area contributed by atoms with Crippen molar-refractivity contribution < 1.29 is 13.2 Å². The average Bonchev–Trinajstić information content (AvgIpc) is 2.89. The van der Waals surface area contributed by atoms with Crippen molar-refractivity contribution in [3.05, 3.63) is 66.0 Å². The smallest absolute Gasteiger partial charge is 0.272 e. The summed E-state index contributed by atoms with van der Waals surface area (Å²) in [6.45, 7) is 1.66. The van der Waals surface area contributed by atoms with E-state index in [1.807, 2.05) is 30.3 Å². The highest BCUT2D eigenvalue weighted by Crippen LogP contribution is 2.15. The predicted molar refractivity (Wildman–Crippen MR) is 95.4 cm³/mol. The van der Waals surface area contributed by atoms with Crippen LogP contribution in [0.15, 0.2) is 54.7 Å². The highest BCUT2D eigenvalue weighted by Gasteiger charge is 2.27.